The monoisotopic (exact) mass is 1660 g/mol. The number of rotatable bonds is 9. The molecule has 0 aliphatic rings. The third-order valence-corrected chi connectivity index (χ3v) is 26.4. The van der Waals surface area contributed by atoms with Crippen molar-refractivity contribution in [2.75, 3.05) is 0 Å². The van der Waals surface area contributed by atoms with Crippen LogP contribution in [0.3, 0.4) is 0 Å². The second-order valence-corrected chi connectivity index (χ2v) is 33.8. The average Bonchev–Trinajstić information content (AvgIpc) is 1.48. The minimum atomic E-state index is 0.899. The van der Waals surface area contributed by atoms with Crippen molar-refractivity contribution in [2.45, 2.75) is 0 Å². The lowest BCUT2D eigenvalue weighted by Gasteiger charge is -2.17. The number of hydrogen-bond donors (Lipinski definition) is 0. The van der Waals surface area contributed by atoms with Crippen molar-refractivity contribution in [1.82, 2.24) is 39.3 Å². The van der Waals surface area contributed by atoms with E-state index in [0.717, 1.165) is 94.4 Å². The first-order valence-electron chi connectivity index (χ1n) is 44.4. The van der Waals surface area contributed by atoms with E-state index in [9.17, 15) is 0 Å². The van der Waals surface area contributed by atoms with Gasteiger partial charge in [0.25, 0.3) is 0 Å². The van der Waals surface area contributed by atoms with Crippen molar-refractivity contribution in [3.8, 4) is 100 Å². The van der Waals surface area contributed by atoms with Gasteiger partial charge in [0.2, 0.25) is 0 Å². The molecule has 8 aromatic heterocycles. The molecular formula is C123H76N8. The molecule has 19 aromatic carbocycles. The summed E-state index contributed by atoms with van der Waals surface area (Å²) in [7, 11) is 0. The Morgan fingerprint density at radius 1 is 0.176 bits per heavy atom. The van der Waals surface area contributed by atoms with Gasteiger partial charge in [0, 0.05) is 122 Å². The summed E-state index contributed by atoms with van der Waals surface area (Å²) < 4.78 is 2.06. The smallest absolute Gasteiger partial charge is 0.137 e. The van der Waals surface area contributed by atoms with E-state index in [1.165, 1.54) is 163 Å². The van der Waals surface area contributed by atoms with Gasteiger partial charge in [0.15, 0.2) is 0 Å². The summed E-state index contributed by atoms with van der Waals surface area (Å²) in [5.41, 5.74) is 24.3. The summed E-state index contributed by atoms with van der Waals surface area (Å²) in [5, 5.41) is 30.5. The number of benzene rings is 19. The molecule has 8 heterocycles. The third-order valence-electron chi connectivity index (χ3n) is 26.4. The van der Waals surface area contributed by atoms with Gasteiger partial charge >= 0.3 is 0 Å². The van der Waals surface area contributed by atoms with Crippen LogP contribution >= 0.6 is 0 Å². The summed E-state index contributed by atoms with van der Waals surface area (Å²) in [6.07, 6.45) is 19.4. The Kier molecular flexibility index (Phi) is 18.4. The second kappa shape index (κ2) is 31.8. The molecule has 0 unspecified atom stereocenters. The highest BCUT2D eigenvalue weighted by atomic mass is 15.0. The normalized spacial score (nSPS) is 11.7. The van der Waals surface area contributed by atoms with Crippen LogP contribution in [0.1, 0.15) is 0 Å². The molecule has 27 aromatic rings. The summed E-state index contributed by atoms with van der Waals surface area (Å²) in [5.74, 6) is 0. The zero-order valence-electron chi connectivity index (χ0n) is 71.0. The molecule has 27 rings (SSSR count). The topological polar surface area (TPSA) is 94.6 Å². The van der Waals surface area contributed by atoms with Crippen LogP contribution < -0.4 is 0 Å². The lowest BCUT2D eigenvalue weighted by atomic mass is 9.87. The summed E-state index contributed by atoms with van der Waals surface area (Å²) in [4.78, 5) is 33.4. The molecule has 0 aliphatic carbocycles. The second-order valence-electron chi connectivity index (χ2n) is 33.8. The van der Waals surface area contributed by atoms with Crippen LogP contribution in [-0.2, 0) is 0 Å². The molecule has 0 bridgehead atoms. The molecule has 8 nitrogen and oxygen atoms in total. The molecule has 0 N–H and O–H groups in total. The van der Waals surface area contributed by atoms with E-state index in [-0.39, 0.29) is 0 Å². The van der Waals surface area contributed by atoms with E-state index in [1.807, 2.05) is 86.0 Å². The fraction of sp³-hybridized carbons (Fsp3) is 0. The molecule has 0 spiro atoms. The zero-order chi connectivity index (χ0) is 86.4. The number of aromatic nitrogens is 8. The number of imidazole rings is 1. The van der Waals surface area contributed by atoms with Gasteiger partial charge in [-0.25, -0.2) is 4.98 Å². The van der Waals surface area contributed by atoms with Crippen LogP contribution in [-0.4, -0.2) is 39.3 Å². The van der Waals surface area contributed by atoms with Crippen LogP contribution in [0, 0.1) is 0 Å². The molecule has 0 amide bonds. The van der Waals surface area contributed by atoms with Crippen LogP contribution in [0.25, 0.3) is 257 Å². The van der Waals surface area contributed by atoms with Gasteiger partial charge in [-0.2, -0.15) is 0 Å². The molecule has 0 radical (unpaired) electrons. The van der Waals surface area contributed by atoms with Crippen LogP contribution in [0.5, 0.6) is 0 Å². The zero-order valence-corrected chi connectivity index (χ0v) is 71.0. The highest BCUT2D eigenvalue weighted by molar-refractivity contribution is 6.36. The Labute approximate surface area is 753 Å². The van der Waals surface area contributed by atoms with Crippen molar-refractivity contribution in [3.63, 3.8) is 0 Å². The standard InChI is InChI=1S/C42H26N2.C41H25N3.C40H25N3/c1-2-9-30-22-31(20-19-27(30)8-1)38-24-39-35-12-4-6-14-37(35)42-40(41(39)36-13-5-3-11-34(36)38)23-33(26-44-42)29-17-15-28(16-18-29)32-10-7-21-43-25-32;1-2-8-28-21-29(14-13-26(28)7-1)36-23-37-33-10-4-6-12-35(33)41-38(40(37)34-11-5-3-9-32(34)36)22-31(25-44-41)39-16-15-30(24-43-39)27-17-19-42-20-18-27;1-2-10-26(11-3-1)29-22-36-39-32-14-6-4-12-30(32)34(23-35(39)31-13-5-7-15-33(31)40(36)41-24-29)27-17-19-28(20-18-27)37-25-43-21-9-8-16-38(43)42-37/h1-26H;1-25H;1-25H. The molecule has 0 aliphatic heterocycles. The van der Waals surface area contributed by atoms with Crippen molar-refractivity contribution >= 4 is 157 Å². The third kappa shape index (κ3) is 13.3. The minimum absolute atomic E-state index is 0.899. The lowest BCUT2D eigenvalue weighted by Crippen LogP contribution is -1.92. The van der Waals surface area contributed by atoms with E-state index in [2.05, 4.69) is 385 Å². The minimum Gasteiger partial charge on any atom is -0.306 e. The summed E-state index contributed by atoms with van der Waals surface area (Å²) >= 11 is 0. The Morgan fingerprint density at radius 2 is 0.542 bits per heavy atom. The van der Waals surface area contributed by atoms with E-state index >= 15 is 0 Å². The first-order chi connectivity index (χ1) is 64.9. The van der Waals surface area contributed by atoms with E-state index in [1.54, 1.807) is 6.20 Å². The quantitative estimate of drug-likeness (QED) is 0.133. The van der Waals surface area contributed by atoms with Gasteiger partial charge in [-0.3, -0.25) is 29.9 Å². The van der Waals surface area contributed by atoms with Crippen molar-refractivity contribution in [3.05, 3.63) is 462 Å². The summed E-state index contributed by atoms with van der Waals surface area (Å²) in [6.45, 7) is 0. The fourth-order valence-electron chi connectivity index (χ4n) is 20.1. The Morgan fingerprint density at radius 3 is 1.02 bits per heavy atom. The van der Waals surface area contributed by atoms with Crippen LogP contribution in [0.15, 0.2) is 462 Å². The van der Waals surface area contributed by atoms with Gasteiger partial charge in [-0.1, -0.05) is 315 Å². The largest absolute Gasteiger partial charge is 0.306 e. The fourth-order valence-corrected chi connectivity index (χ4v) is 20.1. The molecule has 0 saturated heterocycles. The average molecular weight is 1670 g/mol. The molecule has 0 fully saturated rings. The van der Waals surface area contributed by atoms with E-state index in [0.29, 0.717) is 0 Å². The maximum absolute atomic E-state index is 5.13. The maximum Gasteiger partial charge on any atom is 0.137 e. The van der Waals surface area contributed by atoms with Gasteiger partial charge in [0.05, 0.1) is 27.9 Å². The molecule has 0 atom stereocenters. The van der Waals surface area contributed by atoms with Gasteiger partial charge in [-0.15, -0.1) is 0 Å². The first kappa shape index (κ1) is 75.9. The van der Waals surface area contributed by atoms with Crippen molar-refractivity contribution in [2.24, 2.45) is 0 Å². The van der Waals surface area contributed by atoms with E-state index in [4.69, 9.17) is 24.9 Å². The van der Waals surface area contributed by atoms with Crippen LogP contribution in [0.2, 0.25) is 0 Å². The maximum atomic E-state index is 5.13. The molecule has 608 valence electrons. The predicted molar refractivity (Wildman–Crippen MR) is 549 cm³/mol. The number of nitrogens with zero attached hydrogens (tertiary/aromatic N) is 8. The predicted octanol–water partition coefficient (Wildman–Crippen LogP) is 32.2. The molecule has 131 heavy (non-hydrogen) atoms. The van der Waals surface area contributed by atoms with Gasteiger partial charge in [0.1, 0.15) is 5.65 Å². The number of hydrogen-bond acceptors (Lipinski definition) is 7. The molecule has 8 heteroatoms. The van der Waals surface area contributed by atoms with Crippen molar-refractivity contribution in [1.29, 1.82) is 0 Å². The van der Waals surface area contributed by atoms with E-state index < -0.39 is 0 Å². The summed E-state index contributed by atoms with van der Waals surface area (Å²) in [6, 6.07) is 144. The Bertz CT molecular complexity index is 8870. The Balaban J connectivity index is 0.000000106. The highest BCUT2D eigenvalue weighted by Crippen LogP contribution is 2.49. The molecule has 0 saturated carbocycles. The number of fused-ring (bicyclic) bond motifs is 27. The highest BCUT2D eigenvalue weighted by Gasteiger charge is 2.23. The Hall–Kier alpha value is -17.6. The number of pyridine rings is 7. The van der Waals surface area contributed by atoms with Gasteiger partial charge < -0.3 is 4.40 Å². The van der Waals surface area contributed by atoms with Crippen LogP contribution in [0.4, 0.5) is 0 Å². The lowest BCUT2D eigenvalue weighted by molar-refractivity contribution is 1.19. The first-order valence-corrected chi connectivity index (χ1v) is 44.4. The molecular weight excluding hydrogens is 1590 g/mol. The van der Waals surface area contributed by atoms with Gasteiger partial charge in [-0.05, 0) is 248 Å². The SMILES string of the molecule is c1ccc(-c2cnc3c4ccccc4c4cc(-c5ccc(-c6cn7ccccc7n6)cc5)c5ccccc5c4c3c2)cc1.c1ccc2cc(-c3cc4c5ccccc5c5ncc(-c6ccc(-c7ccncc7)cn6)cc5c4c4ccccc34)ccc2c1.c1cncc(-c2ccc(-c3cnc4c5ccccc5c5cc(-c6ccc7ccccc7c6)c6ccccc6c5c4c3)cc2)c1. The van der Waals surface area contributed by atoms with Crippen molar-refractivity contribution < 1.29 is 0 Å².